The van der Waals surface area contributed by atoms with Crippen molar-refractivity contribution in [2.45, 2.75) is 19.4 Å². The van der Waals surface area contributed by atoms with Gasteiger partial charge >= 0.3 is 0 Å². The van der Waals surface area contributed by atoms with E-state index in [0.717, 1.165) is 10.7 Å². The predicted molar refractivity (Wildman–Crippen MR) is 78.4 cm³/mol. The number of hydrogen-bond acceptors (Lipinski definition) is 2. The molecular weight excluding hydrogens is 326 g/mol. The number of nitrogens with one attached hydrogen (secondary N) is 1. The van der Waals surface area contributed by atoms with Crippen LogP contribution in [-0.4, -0.2) is 11.5 Å². The average Bonchev–Trinajstić information content (AvgIpc) is 2.42. The SMILES string of the molecule is CCNC(Cc1cc(Br)ccc1F)c1cncc(F)c1. The van der Waals surface area contributed by atoms with Crippen molar-refractivity contribution >= 4 is 15.9 Å². The first-order chi connectivity index (χ1) is 9.60. The number of benzene rings is 1. The third-order valence-corrected chi connectivity index (χ3v) is 3.50. The molecule has 0 fully saturated rings. The van der Waals surface area contributed by atoms with Crippen LogP contribution in [0.15, 0.2) is 41.1 Å². The number of hydrogen-bond donors (Lipinski definition) is 1. The zero-order valence-electron chi connectivity index (χ0n) is 11.0. The summed E-state index contributed by atoms with van der Waals surface area (Å²) in [4.78, 5) is 3.85. The maximum absolute atomic E-state index is 13.8. The van der Waals surface area contributed by atoms with Crippen LogP contribution in [0.4, 0.5) is 8.78 Å². The van der Waals surface area contributed by atoms with Crippen molar-refractivity contribution in [3.63, 3.8) is 0 Å². The van der Waals surface area contributed by atoms with Crippen LogP contribution in [0.3, 0.4) is 0 Å². The molecule has 5 heteroatoms. The quantitative estimate of drug-likeness (QED) is 0.889. The molecule has 2 aromatic rings. The first-order valence-electron chi connectivity index (χ1n) is 6.38. The van der Waals surface area contributed by atoms with E-state index in [2.05, 4.69) is 26.2 Å². The maximum Gasteiger partial charge on any atom is 0.141 e. The van der Waals surface area contributed by atoms with E-state index in [9.17, 15) is 8.78 Å². The van der Waals surface area contributed by atoms with Crippen LogP contribution in [0, 0.1) is 11.6 Å². The summed E-state index contributed by atoms with van der Waals surface area (Å²) in [5.41, 5.74) is 1.29. The summed E-state index contributed by atoms with van der Waals surface area (Å²) in [5.74, 6) is -0.652. The molecule has 0 aliphatic carbocycles. The lowest BCUT2D eigenvalue weighted by Gasteiger charge is -2.18. The molecule has 2 nitrogen and oxygen atoms in total. The standard InChI is InChI=1S/C15H15BrF2N2/c1-2-20-15(11-6-13(17)9-19-8-11)7-10-5-12(16)3-4-14(10)18/h3-6,8-9,15,20H,2,7H2,1H3. The first-order valence-corrected chi connectivity index (χ1v) is 7.17. The third kappa shape index (κ3) is 3.84. The topological polar surface area (TPSA) is 24.9 Å². The summed E-state index contributed by atoms with van der Waals surface area (Å²) < 4.78 is 27.9. The first kappa shape index (κ1) is 15.1. The van der Waals surface area contributed by atoms with Crippen LogP contribution < -0.4 is 5.32 Å². The van der Waals surface area contributed by atoms with E-state index in [0.29, 0.717) is 24.1 Å². The molecule has 2 rings (SSSR count). The predicted octanol–water partition coefficient (Wildman–Crippen LogP) is 4.02. The Hall–Kier alpha value is -1.33. The van der Waals surface area contributed by atoms with Gasteiger partial charge in [0.15, 0.2) is 0 Å². The number of likely N-dealkylation sites (N-methyl/N-ethyl adjacent to an activating group) is 1. The zero-order chi connectivity index (χ0) is 14.5. The molecule has 1 N–H and O–H groups in total. The monoisotopic (exact) mass is 340 g/mol. The van der Waals surface area contributed by atoms with Crippen molar-refractivity contribution in [3.05, 3.63) is 63.9 Å². The van der Waals surface area contributed by atoms with Gasteiger partial charge in [-0.15, -0.1) is 0 Å². The summed E-state index contributed by atoms with van der Waals surface area (Å²) in [7, 11) is 0. The second-order valence-electron chi connectivity index (χ2n) is 4.49. The molecule has 0 saturated carbocycles. The lowest BCUT2D eigenvalue weighted by Crippen LogP contribution is -2.23. The van der Waals surface area contributed by atoms with Crippen molar-refractivity contribution in [2.75, 3.05) is 6.54 Å². The third-order valence-electron chi connectivity index (χ3n) is 3.01. The number of nitrogens with zero attached hydrogens (tertiary/aromatic N) is 1. The van der Waals surface area contributed by atoms with Crippen LogP contribution >= 0.6 is 15.9 Å². The van der Waals surface area contributed by atoms with Gasteiger partial charge in [-0.3, -0.25) is 4.98 Å². The van der Waals surface area contributed by atoms with Crippen LogP contribution in [0.5, 0.6) is 0 Å². The normalized spacial score (nSPS) is 12.4. The minimum absolute atomic E-state index is 0.174. The fourth-order valence-corrected chi connectivity index (χ4v) is 2.50. The summed E-state index contributed by atoms with van der Waals surface area (Å²) in [6.07, 6.45) is 3.20. The van der Waals surface area contributed by atoms with E-state index < -0.39 is 0 Å². The van der Waals surface area contributed by atoms with Gasteiger partial charge in [0, 0.05) is 16.7 Å². The Bertz CT molecular complexity index is 590. The van der Waals surface area contributed by atoms with Gasteiger partial charge in [-0.2, -0.15) is 0 Å². The van der Waals surface area contributed by atoms with Crippen LogP contribution in [0.2, 0.25) is 0 Å². The van der Waals surface area contributed by atoms with Crippen molar-refractivity contribution in [1.82, 2.24) is 10.3 Å². The van der Waals surface area contributed by atoms with E-state index in [1.807, 2.05) is 6.92 Å². The average molecular weight is 341 g/mol. The Morgan fingerprint density at radius 3 is 2.75 bits per heavy atom. The largest absolute Gasteiger partial charge is 0.310 e. The van der Waals surface area contributed by atoms with Crippen molar-refractivity contribution in [1.29, 1.82) is 0 Å². The van der Waals surface area contributed by atoms with Gasteiger partial charge in [-0.1, -0.05) is 22.9 Å². The Labute approximate surface area is 125 Å². The summed E-state index contributed by atoms with van der Waals surface area (Å²) in [6.45, 7) is 2.66. The van der Waals surface area contributed by atoms with E-state index >= 15 is 0 Å². The van der Waals surface area contributed by atoms with Gasteiger partial charge in [0.2, 0.25) is 0 Å². The van der Waals surface area contributed by atoms with Crippen molar-refractivity contribution in [3.8, 4) is 0 Å². The molecule has 1 aromatic carbocycles. The summed E-state index contributed by atoms with van der Waals surface area (Å²) in [5, 5.41) is 3.23. The van der Waals surface area contributed by atoms with Crippen LogP contribution in [-0.2, 0) is 6.42 Å². The molecule has 0 aliphatic rings. The Kier molecular flexibility index (Phi) is 5.20. The molecule has 0 aliphatic heterocycles. The van der Waals surface area contributed by atoms with Crippen molar-refractivity contribution in [2.24, 2.45) is 0 Å². The highest BCUT2D eigenvalue weighted by atomic mass is 79.9. The molecule has 1 aromatic heterocycles. The Balaban J connectivity index is 2.27. The molecule has 20 heavy (non-hydrogen) atoms. The number of rotatable bonds is 5. The smallest absolute Gasteiger partial charge is 0.141 e. The fourth-order valence-electron chi connectivity index (χ4n) is 2.09. The second-order valence-corrected chi connectivity index (χ2v) is 5.40. The minimum atomic E-state index is -0.389. The minimum Gasteiger partial charge on any atom is -0.310 e. The summed E-state index contributed by atoms with van der Waals surface area (Å²) >= 11 is 3.33. The van der Waals surface area contributed by atoms with E-state index in [4.69, 9.17) is 0 Å². The molecule has 0 radical (unpaired) electrons. The van der Waals surface area contributed by atoms with Gasteiger partial charge in [0.05, 0.1) is 6.20 Å². The highest BCUT2D eigenvalue weighted by Crippen LogP contribution is 2.23. The highest BCUT2D eigenvalue weighted by Gasteiger charge is 2.15. The summed E-state index contributed by atoms with van der Waals surface area (Å²) in [6, 6.07) is 6.08. The lowest BCUT2D eigenvalue weighted by molar-refractivity contribution is 0.521. The second kappa shape index (κ2) is 6.90. The molecule has 1 heterocycles. The molecule has 1 unspecified atom stereocenters. The lowest BCUT2D eigenvalue weighted by atomic mass is 9.99. The van der Waals surface area contributed by atoms with E-state index in [1.54, 1.807) is 18.3 Å². The van der Waals surface area contributed by atoms with Crippen LogP contribution in [0.1, 0.15) is 24.1 Å². The van der Waals surface area contributed by atoms with Gasteiger partial charge in [0.1, 0.15) is 11.6 Å². The molecule has 106 valence electrons. The fraction of sp³-hybridized carbons (Fsp3) is 0.267. The molecule has 0 spiro atoms. The zero-order valence-corrected chi connectivity index (χ0v) is 12.6. The number of aromatic nitrogens is 1. The maximum atomic E-state index is 13.8. The van der Waals surface area contributed by atoms with E-state index in [-0.39, 0.29) is 17.7 Å². The van der Waals surface area contributed by atoms with E-state index in [1.165, 1.54) is 12.1 Å². The molecular formula is C15H15BrF2N2. The number of pyridine rings is 1. The number of halogens is 3. The van der Waals surface area contributed by atoms with Crippen LogP contribution in [0.25, 0.3) is 0 Å². The molecule has 0 amide bonds. The van der Waals surface area contributed by atoms with Gasteiger partial charge in [-0.25, -0.2) is 8.78 Å². The molecule has 0 saturated heterocycles. The molecule has 1 atom stereocenters. The highest BCUT2D eigenvalue weighted by molar-refractivity contribution is 9.10. The van der Waals surface area contributed by atoms with Gasteiger partial charge in [-0.05, 0) is 48.4 Å². The molecule has 0 bridgehead atoms. The van der Waals surface area contributed by atoms with Crippen molar-refractivity contribution < 1.29 is 8.78 Å². The van der Waals surface area contributed by atoms with Gasteiger partial charge in [0.25, 0.3) is 0 Å². The Morgan fingerprint density at radius 2 is 2.05 bits per heavy atom. The van der Waals surface area contributed by atoms with Gasteiger partial charge < -0.3 is 5.32 Å². The Morgan fingerprint density at radius 1 is 1.25 bits per heavy atom.